The van der Waals surface area contributed by atoms with Crippen molar-refractivity contribution in [1.29, 1.82) is 5.26 Å². The Morgan fingerprint density at radius 3 is 2.72 bits per heavy atom. The second-order valence-corrected chi connectivity index (χ2v) is 8.47. The number of carbonyl (C=O) groups excluding carboxylic acids is 1. The van der Waals surface area contributed by atoms with E-state index in [1.54, 1.807) is 6.92 Å². The number of oxazole rings is 1. The van der Waals surface area contributed by atoms with E-state index < -0.39 is 0 Å². The number of anilines is 1. The minimum absolute atomic E-state index is 0.0671. The van der Waals surface area contributed by atoms with Crippen LogP contribution in [0.3, 0.4) is 0 Å². The van der Waals surface area contributed by atoms with Crippen molar-refractivity contribution in [3.63, 3.8) is 0 Å². The quantitative estimate of drug-likeness (QED) is 0.638. The van der Waals surface area contributed by atoms with Crippen molar-refractivity contribution in [3.05, 3.63) is 47.3 Å². The summed E-state index contributed by atoms with van der Waals surface area (Å²) in [5.74, 6) is 0.343. The van der Waals surface area contributed by atoms with Gasteiger partial charge in [-0.25, -0.2) is 4.98 Å². The lowest BCUT2D eigenvalue weighted by Gasteiger charge is -2.25. The predicted molar refractivity (Wildman–Crippen MR) is 125 cm³/mol. The summed E-state index contributed by atoms with van der Waals surface area (Å²) in [5, 5.41) is 12.8. The molecule has 1 atom stereocenters. The Hall–Kier alpha value is -3.37. The zero-order valence-electron chi connectivity index (χ0n) is 19.1. The zero-order chi connectivity index (χ0) is 22.8. The normalized spacial score (nSPS) is 16.0. The number of amides is 1. The third-order valence-corrected chi connectivity index (χ3v) is 6.25. The predicted octanol–water partition coefficient (Wildman–Crippen LogP) is 3.84. The van der Waals surface area contributed by atoms with Gasteiger partial charge < -0.3 is 19.5 Å². The first-order valence-corrected chi connectivity index (χ1v) is 11.0. The van der Waals surface area contributed by atoms with Gasteiger partial charge in [0.05, 0.1) is 17.8 Å². The molecule has 7 heteroatoms. The molecule has 0 bridgehead atoms. The highest BCUT2D eigenvalue weighted by Crippen LogP contribution is 2.44. The van der Waals surface area contributed by atoms with Crippen LogP contribution in [0.5, 0.6) is 0 Å². The molecule has 1 aliphatic heterocycles. The molecule has 7 nitrogen and oxygen atoms in total. The van der Waals surface area contributed by atoms with Crippen LogP contribution in [0.2, 0.25) is 0 Å². The Balaban J connectivity index is 1.93. The van der Waals surface area contributed by atoms with Gasteiger partial charge in [0.1, 0.15) is 11.6 Å². The van der Waals surface area contributed by atoms with Gasteiger partial charge in [0.25, 0.3) is 0 Å². The summed E-state index contributed by atoms with van der Waals surface area (Å²) in [6, 6.07) is 12.9. The number of hydrogen-bond donors (Lipinski definition) is 1. The number of benzene rings is 2. The van der Waals surface area contributed by atoms with E-state index in [2.05, 4.69) is 52.4 Å². The first-order chi connectivity index (χ1) is 15.4. The molecule has 4 rings (SSSR count). The standard InChI is InChI=1S/C25H29N5O2/c1-5-20(31)27-14-21-28-23-19(13-26)16(2)22(17-9-7-6-8-10-17)24(25(23)32-21)30-12-11-18(15-30)29(3)4/h6-10,18H,5,11-12,14-15H2,1-4H3,(H,27,31). The minimum Gasteiger partial charge on any atom is -0.436 e. The summed E-state index contributed by atoms with van der Waals surface area (Å²) < 4.78 is 6.23. The Morgan fingerprint density at radius 2 is 2.09 bits per heavy atom. The maximum Gasteiger partial charge on any atom is 0.220 e. The molecule has 1 saturated heterocycles. The first kappa shape index (κ1) is 21.8. The second kappa shape index (κ2) is 9.01. The average molecular weight is 432 g/mol. The fourth-order valence-corrected chi connectivity index (χ4v) is 4.43. The van der Waals surface area contributed by atoms with Crippen molar-refractivity contribution in [2.75, 3.05) is 32.1 Å². The van der Waals surface area contributed by atoms with E-state index in [9.17, 15) is 10.1 Å². The fourth-order valence-electron chi connectivity index (χ4n) is 4.43. The van der Waals surface area contributed by atoms with Gasteiger partial charge in [0, 0.05) is 31.1 Å². The van der Waals surface area contributed by atoms with Gasteiger partial charge in [-0.3, -0.25) is 4.79 Å². The number of rotatable bonds is 6. The highest BCUT2D eigenvalue weighted by molar-refractivity contribution is 6.02. The van der Waals surface area contributed by atoms with E-state index in [-0.39, 0.29) is 12.5 Å². The van der Waals surface area contributed by atoms with Crippen LogP contribution in [-0.2, 0) is 11.3 Å². The van der Waals surface area contributed by atoms with Gasteiger partial charge >= 0.3 is 0 Å². The third kappa shape index (κ3) is 3.94. The molecule has 1 unspecified atom stereocenters. The number of carbonyl (C=O) groups is 1. The van der Waals surface area contributed by atoms with Crippen LogP contribution in [-0.4, -0.2) is 49.0 Å². The van der Waals surface area contributed by atoms with Gasteiger partial charge in [-0.05, 0) is 38.6 Å². The maximum atomic E-state index is 11.7. The molecule has 166 valence electrons. The van der Waals surface area contributed by atoms with Crippen molar-refractivity contribution in [2.45, 2.75) is 39.3 Å². The number of nitrogens with one attached hydrogen (secondary N) is 1. The van der Waals surface area contributed by atoms with E-state index >= 15 is 0 Å². The van der Waals surface area contributed by atoms with Gasteiger partial charge in [0.2, 0.25) is 11.8 Å². The summed E-state index contributed by atoms with van der Waals surface area (Å²) in [5.41, 5.74) is 5.63. The van der Waals surface area contributed by atoms with Gasteiger partial charge in [-0.1, -0.05) is 37.3 Å². The number of aromatic nitrogens is 1. The number of hydrogen-bond acceptors (Lipinski definition) is 6. The summed E-state index contributed by atoms with van der Waals surface area (Å²) in [6.45, 7) is 5.75. The highest BCUT2D eigenvalue weighted by Gasteiger charge is 2.31. The molecule has 0 aliphatic carbocycles. The summed E-state index contributed by atoms with van der Waals surface area (Å²) in [4.78, 5) is 21.0. The van der Waals surface area contributed by atoms with Crippen LogP contribution in [0.15, 0.2) is 34.7 Å². The van der Waals surface area contributed by atoms with Crippen molar-refractivity contribution >= 4 is 22.7 Å². The molecule has 1 aliphatic rings. The molecule has 2 aromatic carbocycles. The molecule has 1 N–H and O–H groups in total. The van der Waals surface area contributed by atoms with Gasteiger partial charge in [0.15, 0.2) is 5.58 Å². The number of likely N-dealkylation sites (N-methyl/N-ethyl adjacent to an activating group) is 1. The number of fused-ring (bicyclic) bond motifs is 1. The molecule has 0 saturated carbocycles. The van der Waals surface area contributed by atoms with Crippen molar-refractivity contribution in [3.8, 4) is 17.2 Å². The molecule has 1 amide bonds. The van der Waals surface area contributed by atoms with E-state index in [0.717, 1.165) is 41.9 Å². The smallest absolute Gasteiger partial charge is 0.220 e. The lowest BCUT2D eigenvalue weighted by molar-refractivity contribution is -0.121. The Labute approximate surface area is 188 Å². The van der Waals surface area contributed by atoms with E-state index in [0.29, 0.717) is 35.0 Å². The van der Waals surface area contributed by atoms with Gasteiger partial charge in [-0.15, -0.1) is 0 Å². The lowest BCUT2D eigenvalue weighted by atomic mass is 9.93. The van der Waals surface area contributed by atoms with Crippen LogP contribution < -0.4 is 10.2 Å². The number of nitriles is 1. The van der Waals surface area contributed by atoms with Crippen LogP contribution in [0.4, 0.5) is 5.69 Å². The summed E-state index contributed by atoms with van der Waals surface area (Å²) >= 11 is 0. The maximum absolute atomic E-state index is 11.7. The van der Waals surface area contributed by atoms with E-state index in [4.69, 9.17) is 4.42 Å². The molecule has 2 heterocycles. The van der Waals surface area contributed by atoms with Crippen LogP contribution in [0, 0.1) is 18.3 Å². The monoisotopic (exact) mass is 431 g/mol. The van der Waals surface area contributed by atoms with Crippen molar-refractivity contribution in [2.24, 2.45) is 0 Å². The summed E-state index contributed by atoms with van der Waals surface area (Å²) in [6.07, 6.45) is 1.45. The molecule has 0 spiro atoms. The van der Waals surface area contributed by atoms with E-state index in [1.807, 2.05) is 25.1 Å². The van der Waals surface area contributed by atoms with Gasteiger partial charge in [-0.2, -0.15) is 5.26 Å². The molecule has 32 heavy (non-hydrogen) atoms. The highest BCUT2D eigenvalue weighted by atomic mass is 16.3. The molecule has 1 fully saturated rings. The molecule has 1 aromatic heterocycles. The lowest BCUT2D eigenvalue weighted by Crippen LogP contribution is -2.31. The summed E-state index contributed by atoms with van der Waals surface area (Å²) in [7, 11) is 4.21. The van der Waals surface area contributed by atoms with Crippen LogP contribution >= 0.6 is 0 Å². The molecular formula is C25H29N5O2. The topological polar surface area (TPSA) is 85.4 Å². The number of nitrogens with zero attached hydrogens (tertiary/aromatic N) is 4. The first-order valence-electron chi connectivity index (χ1n) is 11.0. The van der Waals surface area contributed by atoms with Crippen molar-refractivity contribution in [1.82, 2.24) is 15.2 Å². The van der Waals surface area contributed by atoms with Crippen molar-refractivity contribution < 1.29 is 9.21 Å². The SMILES string of the molecule is CCC(=O)NCc1nc2c(C#N)c(C)c(-c3ccccc3)c(N3CCC(N(C)C)C3)c2o1. The fraction of sp³-hybridized carbons (Fsp3) is 0.400. The largest absolute Gasteiger partial charge is 0.436 e. The second-order valence-electron chi connectivity index (χ2n) is 8.47. The van der Waals surface area contributed by atoms with Crippen LogP contribution in [0.25, 0.3) is 22.2 Å². The zero-order valence-corrected chi connectivity index (χ0v) is 19.1. The third-order valence-electron chi connectivity index (χ3n) is 6.25. The molecular weight excluding hydrogens is 402 g/mol. The Morgan fingerprint density at radius 1 is 1.34 bits per heavy atom. The van der Waals surface area contributed by atoms with E-state index in [1.165, 1.54) is 0 Å². The molecule has 0 radical (unpaired) electrons. The minimum atomic E-state index is -0.0671. The average Bonchev–Trinajstić information content (AvgIpc) is 3.45. The Kier molecular flexibility index (Phi) is 6.15. The van der Waals surface area contributed by atoms with Crippen LogP contribution in [0.1, 0.15) is 36.8 Å². The molecule has 3 aromatic rings. The Bertz CT molecular complexity index is 1180.